The third-order valence-corrected chi connectivity index (χ3v) is 2.87. The molecule has 2 N–H and O–H groups in total. The van der Waals surface area contributed by atoms with Crippen LogP contribution in [0.2, 0.25) is 0 Å². The van der Waals surface area contributed by atoms with Crippen molar-refractivity contribution in [2.75, 3.05) is 5.32 Å². The average molecular weight is 243 g/mol. The first-order valence-electron chi connectivity index (χ1n) is 5.46. The van der Waals surface area contributed by atoms with Gasteiger partial charge in [-0.25, -0.2) is 4.98 Å². The third kappa shape index (κ3) is 4.14. The van der Waals surface area contributed by atoms with Crippen molar-refractivity contribution in [1.29, 1.82) is 0 Å². The Kier molecular flexibility index (Phi) is 5.18. The number of hydrogen-bond donors (Lipinski definition) is 2. The first-order chi connectivity index (χ1) is 7.65. The lowest BCUT2D eigenvalue weighted by Gasteiger charge is -2.12. The highest BCUT2D eigenvalue weighted by Crippen LogP contribution is 2.15. The van der Waals surface area contributed by atoms with E-state index in [1.807, 2.05) is 6.92 Å². The molecule has 0 aliphatic carbocycles. The van der Waals surface area contributed by atoms with Crippen molar-refractivity contribution in [1.82, 2.24) is 9.36 Å². The number of carboxylic acids is 1. The number of anilines is 1. The number of rotatable bonds is 7. The molecule has 6 heteroatoms. The second kappa shape index (κ2) is 6.42. The number of aliphatic carboxylic acids is 1. The number of aromatic nitrogens is 2. The summed E-state index contributed by atoms with van der Waals surface area (Å²) < 4.78 is 4.19. The van der Waals surface area contributed by atoms with Crippen LogP contribution in [0.3, 0.4) is 0 Å². The number of carboxylic acid groups (broad SMARTS) is 1. The maximum Gasteiger partial charge on any atom is 0.305 e. The molecule has 1 rings (SSSR count). The fraction of sp³-hybridized carbons (Fsp3) is 0.700. The molecule has 1 unspecified atom stereocenters. The Morgan fingerprint density at radius 1 is 1.56 bits per heavy atom. The predicted octanol–water partition coefficient (Wildman–Crippen LogP) is 2.16. The molecule has 1 aromatic heterocycles. The van der Waals surface area contributed by atoms with Crippen LogP contribution in [-0.4, -0.2) is 26.5 Å². The molecule has 0 aliphatic rings. The summed E-state index contributed by atoms with van der Waals surface area (Å²) in [5.74, 6) is 0.0397. The maximum atomic E-state index is 10.6. The SMILES string of the molecule is CCCc1nsc(NC(CC)CC(=O)O)n1. The molecule has 0 fully saturated rings. The predicted molar refractivity (Wildman–Crippen MR) is 63.9 cm³/mol. The van der Waals surface area contributed by atoms with Crippen LogP contribution in [0.5, 0.6) is 0 Å². The van der Waals surface area contributed by atoms with Gasteiger partial charge in [-0.3, -0.25) is 4.79 Å². The summed E-state index contributed by atoms with van der Waals surface area (Å²) >= 11 is 1.30. The minimum Gasteiger partial charge on any atom is -0.481 e. The van der Waals surface area contributed by atoms with Crippen molar-refractivity contribution in [3.63, 3.8) is 0 Å². The van der Waals surface area contributed by atoms with E-state index in [-0.39, 0.29) is 12.5 Å². The Morgan fingerprint density at radius 2 is 2.31 bits per heavy atom. The van der Waals surface area contributed by atoms with E-state index in [2.05, 4.69) is 21.6 Å². The molecule has 0 saturated carbocycles. The Morgan fingerprint density at radius 3 is 2.88 bits per heavy atom. The maximum absolute atomic E-state index is 10.6. The van der Waals surface area contributed by atoms with Crippen molar-refractivity contribution < 1.29 is 9.90 Å². The summed E-state index contributed by atoms with van der Waals surface area (Å²) in [7, 11) is 0. The van der Waals surface area contributed by atoms with E-state index in [4.69, 9.17) is 5.11 Å². The number of hydrogen-bond acceptors (Lipinski definition) is 5. The molecule has 1 heterocycles. The van der Waals surface area contributed by atoms with Crippen molar-refractivity contribution in [3.05, 3.63) is 5.82 Å². The van der Waals surface area contributed by atoms with Crippen molar-refractivity contribution in [3.8, 4) is 0 Å². The Hall–Kier alpha value is -1.17. The van der Waals surface area contributed by atoms with E-state index in [0.29, 0.717) is 0 Å². The van der Waals surface area contributed by atoms with E-state index >= 15 is 0 Å². The van der Waals surface area contributed by atoms with Crippen molar-refractivity contribution in [2.45, 2.75) is 45.6 Å². The van der Waals surface area contributed by atoms with Gasteiger partial charge in [0.2, 0.25) is 5.13 Å². The fourth-order valence-corrected chi connectivity index (χ4v) is 2.01. The summed E-state index contributed by atoms with van der Waals surface area (Å²) in [6.07, 6.45) is 2.75. The molecular formula is C10H17N3O2S. The molecular weight excluding hydrogens is 226 g/mol. The quantitative estimate of drug-likeness (QED) is 0.767. The largest absolute Gasteiger partial charge is 0.481 e. The number of aryl methyl sites for hydroxylation is 1. The van der Waals surface area contributed by atoms with Gasteiger partial charge in [0.25, 0.3) is 0 Å². The molecule has 90 valence electrons. The summed E-state index contributed by atoms with van der Waals surface area (Å²) in [5, 5.41) is 12.5. The molecule has 0 spiro atoms. The lowest BCUT2D eigenvalue weighted by Crippen LogP contribution is -2.22. The standard InChI is InChI=1S/C10H17N3O2S/c1-3-5-8-12-10(16-13-8)11-7(4-2)6-9(14)15/h7H,3-6H2,1-2H3,(H,14,15)(H,11,12,13). The molecule has 5 nitrogen and oxygen atoms in total. The Balaban J connectivity index is 2.52. The van der Waals surface area contributed by atoms with E-state index in [9.17, 15) is 4.79 Å². The molecule has 0 aliphatic heterocycles. The van der Waals surface area contributed by atoms with E-state index in [0.717, 1.165) is 30.2 Å². The van der Waals surface area contributed by atoms with Crippen LogP contribution in [-0.2, 0) is 11.2 Å². The zero-order valence-corrected chi connectivity index (χ0v) is 10.4. The Labute approximate surface area is 99.1 Å². The number of carbonyl (C=O) groups is 1. The molecule has 0 saturated heterocycles. The van der Waals surface area contributed by atoms with Gasteiger partial charge in [-0.1, -0.05) is 13.8 Å². The monoisotopic (exact) mass is 243 g/mol. The average Bonchev–Trinajstić information content (AvgIpc) is 2.64. The third-order valence-electron chi connectivity index (χ3n) is 2.18. The summed E-state index contributed by atoms with van der Waals surface area (Å²) in [6.45, 7) is 4.03. The molecule has 0 radical (unpaired) electrons. The molecule has 1 aromatic rings. The van der Waals surface area contributed by atoms with Crippen LogP contribution in [0.25, 0.3) is 0 Å². The Bertz CT molecular complexity index is 341. The molecule has 0 aromatic carbocycles. The van der Waals surface area contributed by atoms with E-state index in [1.54, 1.807) is 0 Å². The highest BCUT2D eigenvalue weighted by molar-refractivity contribution is 7.09. The molecule has 0 amide bonds. The van der Waals surface area contributed by atoms with Gasteiger partial charge in [-0.15, -0.1) is 0 Å². The van der Waals surface area contributed by atoms with Gasteiger partial charge < -0.3 is 10.4 Å². The highest BCUT2D eigenvalue weighted by atomic mass is 32.1. The molecule has 1 atom stereocenters. The second-order valence-electron chi connectivity index (χ2n) is 3.61. The van der Waals surface area contributed by atoms with Gasteiger partial charge in [0.15, 0.2) is 0 Å². The van der Waals surface area contributed by atoms with Gasteiger partial charge in [0.05, 0.1) is 6.42 Å². The number of nitrogens with zero attached hydrogens (tertiary/aromatic N) is 2. The first-order valence-corrected chi connectivity index (χ1v) is 6.24. The first kappa shape index (κ1) is 12.9. The summed E-state index contributed by atoms with van der Waals surface area (Å²) in [6, 6.07) is -0.0695. The lowest BCUT2D eigenvalue weighted by molar-refractivity contribution is -0.137. The molecule has 0 bridgehead atoms. The van der Waals surface area contributed by atoms with Crippen LogP contribution < -0.4 is 5.32 Å². The minimum absolute atomic E-state index is 0.0695. The lowest BCUT2D eigenvalue weighted by atomic mass is 10.1. The van der Waals surface area contributed by atoms with Crippen molar-refractivity contribution >= 4 is 22.6 Å². The summed E-state index contributed by atoms with van der Waals surface area (Å²) in [5.41, 5.74) is 0. The molecule has 16 heavy (non-hydrogen) atoms. The minimum atomic E-state index is -0.794. The van der Waals surface area contributed by atoms with Crippen LogP contribution in [0.1, 0.15) is 38.9 Å². The van der Waals surface area contributed by atoms with Crippen LogP contribution in [0.4, 0.5) is 5.13 Å². The van der Waals surface area contributed by atoms with Gasteiger partial charge in [0.1, 0.15) is 5.82 Å². The number of nitrogens with one attached hydrogen (secondary N) is 1. The second-order valence-corrected chi connectivity index (χ2v) is 4.36. The van der Waals surface area contributed by atoms with Crippen molar-refractivity contribution in [2.24, 2.45) is 0 Å². The van der Waals surface area contributed by atoms with E-state index < -0.39 is 5.97 Å². The normalized spacial score (nSPS) is 12.4. The zero-order chi connectivity index (χ0) is 12.0. The van der Waals surface area contributed by atoms with Crippen LogP contribution in [0.15, 0.2) is 0 Å². The van der Waals surface area contributed by atoms with Gasteiger partial charge in [0, 0.05) is 24.0 Å². The van der Waals surface area contributed by atoms with Gasteiger partial charge in [-0.2, -0.15) is 4.37 Å². The van der Waals surface area contributed by atoms with Crippen LogP contribution in [0, 0.1) is 0 Å². The van der Waals surface area contributed by atoms with Gasteiger partial charge in [-0.05, 0) is 12.8 Å². The summed E-state index contributed by atoms with van der Waals surface area (Å²) in [4.78, 5) is 14.9. The fourth-order valence-electron chi connectivity index (χ4n) is 1.32. The van der Waals surface area contributed by atoms with Crippen LogP contribution >= 0.6 is 11.5 Å². The van der Waals surface area contributed by atoms with E-state index in [1.165, 1.54) is 11.5 Å². The van der Waals surface area contributed by atoms with Gasteiger partial charge >= 0.3 is 5.97 Å². The smallest absolute Gasteiger partial charge is 0.305 e. The topological polar surface area (TPSA) is 75.1 Å². The highest BCUT2D eigenvalue weighted by Gasteiger charge is 2.13. The zero-order valence-electron chi connectivity index (χ0n) is 9.56.